The minimum Gasteiger partial charge on any atom is -0.456 e. The third kappa shape index (κ3) is 4.99. The fourth-order valence-electron chi connectivity index (χ4n) is 8.91. The summed E-state index contributed by atoms with van der Waals surface area (Å²) in [5.41, 5.74) is 13.2. The summed E-state index contributed by atoms with van der Waals surface area (Å²) in [5.74, 6) is 0.598. The van der Waals surface area contributed by atoms with Crippen molar-refractivity contribution in [2.24, 2.45) is 0 Å². The summed E-state index contributed by atoms with van der Waals surface area (Å²) in [6, 6.07) is 59.9. The van der Waals surface area contributed by atoms with Crippen LogP contribution in [0.5, 0.6) is 0 Å². The number of benzene rings is 9. The summed E-state index contributed by atoms with van der Waals surface area (Å²) in [4.78, 5) is 4.66. The number of hydrogen-bond donors (Lipinski definition) is 2. The van der Waals surface area contributed by atoms with Crippen molar-refractivity contribution in [3.05, 3.63) is 176 Å². The molecular weight excluding hydrogens is 743 g/mol. The number of furan rings is 3. The molecule has 0 fully saturated rings. The van der Waals surface area contributed by atoms with E-state index in [0.717, 1.165) is 127 Å². The molecule has 9 aromatic carbocycles. The van der Waals surface area contributed by atoms with Crippen LogP contribution < -0.4 is 10.6 Å². The van der Waals surface area contributed by atoms with Crippen LogP contribution in [0.25, 0.3) is 110 Å². The van der Waals surface area contributed by atoms with Gasteiger partial charge in [-0.2, -0.15) is 0 Å². The molecule has 0 atom stereocenters. The van der Waals surface area contributed by atoms with Gasteiger partial charge in [0.15, 0.2) is 11.2 Å². The van der Waals surface area contributed by atoms with E-state index >= 15 is 0 Å². The van der Waals surface area contributed by atoms with E-state index in [0.29, 0.717) is 5.89 Å². The lowest BCUT2D eigenvalue weighted by atomic mass is 9.99. The average molecular weight is 774 g/mol. The summed E-state index contributed by atoms with van der Waals surface area (Å²) in [6.45, 7) is 0. The summed E-state index contributed by atoms with van der Waals surface area (Å²) < 4.78 is 25.8. The number of anilines is 4. The highest BCUT2D eigenvalue weighted by Crippen LogP contribution is 2.45. The third-order valence-electron chi connectivity index (χ3n) is 11.7. The molecule has 60 heavy (non-hydrogen) atoms. The van der Waals surface area contributed by atoms with Crippen molar-refractivity contribution < 1.29 is 17.7 Å². The minimum atomic E-state index is 0.598. The lowest BCUT2D eigenvalue weighted by Crippen LogP contribution is -1.93. The molecule has 0 radical (unpaired) electrons. The highest BCUT2D eigenvalue weighted by molar-refractivity contribution is 6.21. The van der Waals surface area contributed by atoms with E-state index in [9.17, 15) is 0 Å². The summed E-state index contributed by atoms with van der Waals surface area (Å²) in [5, 5.41) is 15.9. The van der Waals surface area contributed by atoms with E-state index in [1.165, 1.54) is 0 Å². The maximum Gasteiger partial charge on any atom is 0.227 e. The normalized spacial score (nSPS) is 12.0. The standard InChI is InChI=1S/C53H31N3O4/c1-2-11-34-31(10-1)28-38-36-12-3-5-18-43(36)58-52(38)50(34)55-42-17-9-20-46-49(42)39-29-32(24-27-44(39)57-46)35-13-7-14-37-48-41(16-8-21-47(48)59-51(35)37)54-33-25-22-30(23-26-33)53-56-40-15-4-6-19-45(40)60-53/h1-29,54-55H. The number of fused-ring (bicyclic) bond motifs is 11. The van der Waals surface area contributed by atoms with Gasteiger partial charge in [0.2, 0.25) is 5.89 Å². The van der Waals surface area contributed by atoms with Crippen molar-refractivity contribution in [3.63, 3.8) is 0 Å². The van der Waals surface area contributed by atoms with E-state index in [1.54, 1.807) is 0 Å². The van der Waals surface area contributed by atoms with E-state index in [-0.39, 0.29) is 0 Å². The first-order valence-electron chi connectivity index (χ1n) is 19.9. The zero-order chi connectivity index (χ0) is 39.3. The van der Waals surface area contributed by atoms with Crippen molar-refractivity contribution >= 4 is 110 Å². The average Bonchev–Trinajstić information content (AvgIpc) is 4.08. The second-order valence-corrected chi connectivity index (χ2v) is 15.2. The SMILES string of the molecule is c1ccc2c(Nc3cccc4oc5ccc(-c6cccc7c6oc6cccc(Nc8ccc(-c9nc%10ccccc%10o9)cc8)c67)cc5c34)c3oc4ccccc4c3cc2c1. The van der Waals surface area contributed by atoms with E-state index < -0.39 is 0 Å². The Hall–Kier alpha value is -8.29. The van der Waals surface area contributed by atoms with Crippen molar-refractivity contribution in [2.45, 2.75) is 0 Å². The molecule has 0 aliphatic carbocycles. The molecule has 7 heteroatoms. The maximum absolute atomic E-state index is 6.71. The Labute approximate surface area is 341 Å². The first-order chi connectivity index (χ1) is 29.7. The Kier molecular flexibility index (Phi) is 6.88. The van der Waals surface area contributed by atoms with Crippen LogP contribution in [-0.4, -0.2) is 4.98 Å². The Morgan fingerprint density at radius 3 is 1.90 bits per heavy atom. The summed E-state index contributed by atoms with van der Waals surface area (Å²) in [6.07, 6.45) is 0. The van der Waals surface area contributed by atoms with Crippen LogP contribution in [-0.2, 0) is 0 Å². The molecule has 282 valence electrons. The van der Waals surface area contributed by atoms with Gasteiger partial charge in [-0.05, 0) is 95.9 Å². The molecule has 13 aromatic rings. The van der Waals surface area contributed by atoms with E-state index in [2.05, 4.69) is 107 Å². The summed E-state index contributed by atoms with van der Waals surface area (Å²) >= 11 is 0. The van der Waals surface area contributed by atoms with Crippen LogP contribution in [0.3, 0.4) is 0 Å². The largest absolute Gasteiger partial charge is 0.456 e. The van der Waals surface area contributed by atoms with Crippen LogP contribution >= 0.6 is 0 Å². The zero-order valence-electron chi connectivity index (χ0n) is 31.8. The number of oxazole rings is 1. The van der Waals surface area contributed by atoms with Crippen LogP contribution in [0.4, 0.5) is 22.7 Å². The van der Waals surface area contributed by atoms with Gasteiger partial charge in [0.1, 0.15) is 33.4 Å². The van der Waals surface area contributed by atoms with Gasteiger partial charge >= 0.3 is 0 Å². The van der Waals surface area contributed by atoms with Gasteiger partial charge in [-0.3, -0.25) is 0 Å². The lowest BCUT2D eigenvalue weighted by Gasteiger charge is -2.12. The second-order valence-electron chi connectivity index (χ2n) is 15.2. The van der Waals surface area contributed by atoms with Gasteiger partial charge in [0, 0.05) is 43.7 Å². The molecule has 0 bridgehead atoms. The van der Waals surface area contributed by atoms with Crippen molar-refractivity contribution in [1.82, 2.24) is 4.98 Å². The molecule has 2 N–H and O–H groups in total. The van der Waals surface area contributed by atoms with E-state index in [4.69, 9.17) is 17.7 Å². The molecule has 13 rings (SSSR count). The predicted octanol–water partition coefficient (Wildman–Crippen LogP) is 15.5. The molecule has 0 aliphatic rings. The first kappa shape index (κ1) is 32.8. The van der Waals surface area contributed by atoms with E-state index in [1.807, 2.05) is 84.9 Å². The molecule has 4 heterocycles. The predicted molar refractivity (Wildman–Crippen MR) is 244 cm³/mol. The zero-order valence-corrected chi connectivity index (χ0v) is 31.8. The maximum atomic E-state index is 6.71. The Bertz CT molecular complexity index is 3820. The van der Waals surface area contributed by atoms with Crippen LogP contribution in [0.2, 0.25) is 0 Å². The fourth-order valence-corrected chi connectivity index (χ4v) is 8.91. The lowest BCUT2D eigenvalue weighted by molar-refractivity contribution is 0.620. The first-order valence-corrected chi connectivity index (χ1v) is 19.9. The number of aromatic nitrogens is 1. The number of para-hydroxylation sites is 4. The number of hydrogen-bond acceptors (Lipinski definition) is 7. The number of rotatable bonds is 6. The summed E-state index contributed by atoms with van der Waals surface area (Å²) in [7, 11) is 0. The third-order valence-corrected chi connectivity index (χ3v) is 11.7. The van der Waals surface area contributed by atoms with Gasteiger partial charge in [-0.15, -0.1) is 0 Å². The number of nitrogens with one attached hydrogen (secondary N) is 2. The molecule has 0 aliphatic heterocycles. The van der Waals surface area contributed by atoms with Crippen LogP contribution in [0.15, 0.2) is 194 Å². The number of nitrogens with zero attached hydrogens (tertiary/aromatic N) is 1. The minimum absolute atomic E-state index is 0.598. The highest BCUT2D eigenvalue weighted by atomic mass is 16.4. The molecule has 0 spiro atoms. The van der Waals surface area contributed by atoms with Gasteiger partial charge in [0.05, 0.1) is 27.8 Å². The smallest absolute Gasteiger partial charge is 0.227 e. The molecular formula is C53H31N3O4. The molecule has 0 saturated carbocycles. The topological polar surface area (TPSA) is 89.5 Å². The molecule has 7 nitrogen and oxygen atoms in total. The van der Waals surface area contributed by atoms with Gasteiger partial charge in [-0.1, -0.05) is 91.0 Å². The molecule has 0 unspecified atom stereocenters. The van der Waals surface area contributed by atoms with Crippen LogP contribution in [0, 0.1) is 0 Å². The quantitative estimate of drug-likeness (QED) is 0.174. The Balaban J connectivity index is 0.901. The Morgan fingerprint density at radius 2 is 1.03 bits per heavy atom. The monoisotopic (exact) mass is 773 g/mol. The van der Waals surface area contributed by atoms with Crippen LogP contribution in [0.1, 0.15) is 0 Å². The Morgan fingerprint density at radius 1 is 0.383 bits per heavy atom. The molecule has 0 amide bonds. The highest BCUT2D eigenvalue weighted by Gasteiger charge is 2.20. The van der Waals surface area contributed by atoms with Gasteiger partial charge in [0.25, 0.3) is 0 Å². The van der Waals surface area contributed by atoms with Crippen molar-refractivity contribution in [1.29, 1.82) is 0 Å². The van der Waals surface area contributed by atoms with Gasteiger partial charge < -0.3 is 28.3 Å². The van der Waals surface area contributed by atoms with Crippen molar-refractivity contribution in [3.8, 4) is 22.6 Å². The molecule has 4 aromatic heterocycles. The van der Waals surface area contributed by atoms with Crippen molar-refractivity contribution in [2.75, 3.05) is 10.6 Å². The molecule has 0 saturated heterocycles. The van der Waals surface area contributed by atoms with Gasteiger partial charge in [-0.25, -0.2) is 4.98 Å². The fraction of sp³-hybridized carbons (Fsp3) is 0. The second kappa shape index (κ2) is 12.6.